The summed E-state index contributed by atoms with van der Waals surface area (Å²) < 4.78 is 3.28. The van der Waals surface area contributed by atoms with Gasteiger partial charge in [0.25, 0.3) is 0 Å². The van der Waals surface area contributed by atoms with E-state index >= 15 is 0 Å². The lowest BCUT2D eigenvalue weighted by Crippen LogP contribution is -2.44. The minimum atomic E-state index is 0.195. The Morgan fingerprint density at radius 2 is 2.00 bits per heavy atom. The number of rotatable bonds is 4. The lowest BCUT2D eigenvalue weighted by Gasteiger charge is -2.40. The normalized spacial score (nSPS) is 21.1. The highest BCUT2D eigenvalue weighted by Gasteiger charge is 2.37. The molecule has 6 nitrogen and oxygen atoms in total. The van der Waals surface area contributed by atoms with E-state index in [9.17, 15) is 4.79 Å². The Morgan fingerprint density at radius 1 is 1.12 bits per heavy atom. The molecular weight excluding hydrogens is 438 g/mol. The third-order valence-electron chi connectivity index (χ3n) is 7.54. The van der Waals surface area contributed by atoms with Crippen LogP contribution in [0.2, 0.25) is 0 Å². The van der Waals surface area contributed by atoms with Gasteiger partial charge in [0, 0.05) is 29.7 Å². The third kappa shape index (κ3) is 3.52. The fraction of sp³-hybridized carbons (Fsp3) is 0.542. The molecule has 1 fully saturated rings. The summed E-state index contributed by atoms with van der Waals surface area (Å²) in [4.78, 5) is 15.3. The summed E-state index contributed by atoms with van der Waals surface area (Å²) >= 11 is 2.79. The molecule has 1 aromatic carbocycles. The molecule has 6 rings (SSSR count). The zero-order chi connectivity index (χ0) is 21.7. The summed E-state index contributed by atoms with van der Waals surface area (Å²) in [7, 11) is 0. The SMILES string of the molecule is Nc1nnc(SCC(=O)N2CCn3c4c(c5cc(C6CCCCC6)ccc53)CCC[C@H]42)s1. The van der Waals surface area contributed by atoms with Crippen LogP contribution >= 0.6 is 23.1 Å². The lowest BCUT2D eigenvalue weighted by molar-refractivity contribution is -0.132. The maximum Gasteiger partial charge on any atom is 0.233 e. The van der Waals surface area contributed by atoms with Crippen LogP contribution in [0.4, 0.5) is 5.13 Å². The van der Waals surface area contributed by atoms with Gasteiger partial charge in [-0.25, -0.2) is 0 Å². The predicted octanol–water partition coefficient (Wildman–Crippen LogP) is 5.13. The van der Waals surface area contributed by atoms with Crippen molar-refractivity contribution in [3.63, 3.8) is 0 Å². The average molecular weight is 468 g/mol. The highest BCUT2D eigenvalue weighted by Crippen LogP contribution is 2.44. The van der Waals surface area contributed by atoms with E-state index in [-0.39, 0.29) is 11.9 Å². The second-order valence-corrected chi connectivity index (χ2v) is 11.5. The smallest absolute Gasteiger partial charge is 0.233 e. The Bertz CT molecular complexity index is 1160. The summed E-state index contributed by atoms with van der Waals surface area (Å²) in [5.74, 6) is 1.31. The lowest BCUT2D eigenvalue weighted by atomic mass is 9.83. The first kappa shape index (κ1) is 20.5. The Balaban J connectivity index is 1.29. The van der Waals surface area contributed by atoms with Crippen LogP contribution in [0.5, 0.6) is 0 Å². The molecule has 32 heavy (non-hydrogen) atoms. The van der Waals surface area contributed by atoms with Crippen molar-refractivity contribution in [1.82, 2.24) is 19.7 Å². The van der Waals surface area contributed by atoms with Crippen molar-refractivity contribution >= 4 is 45.0 Å². The molecule has 2 aliphatic carbocycles. The van der Waals surface area contributed by atoms with Gasteiger partial charge in [0.2, 0.25) is 11.0 Å². The van der Waals surface area contributed by atoms with E-state index in [1.165, 1.54) is 82.9 Å². The van der Waals surface area contributed by atoms with Gasteiger partial charge in [0.15, 0.2) is 4.34 Å². The fourth-order valence-corrected chi connectivity index (χ4v) is 7.62. The van der Waals surface area contributed by atoms with Gasteiger partial charge >= 0.3 is 0 Å². The van der Waals surface area contributed by atoms with Crippen molar-refractivity contribution in [3.05, 3.63) is 35.0 Å². The molecule has 0 bridgehead atoms. The number of carbonyl (C=O) groups excluding carboxylic acids is 1. The van der Waals surface area contributed by atoms with Crippen molar-refractivity contribution < 1.29 is 4.79 Å². The summed E-state index contributed by atoms with van der Waals surface area (Å²) in [5, 5.41) is 9.79. The number of benzene rings is 1. The summed E-state index contributed by atoms with van der Waals surface area (Å²) in [6.07, 6.45) is 10.1. The number of thioether (sulfide) groups is 1. The molecule has 168 valence electrons. The first-order valence-electron chi connectivity index (χ1n) is 11.8. The zero-order valence-corrected chi connectivity index (χ0v) is 19.9. The number of nitrogen functional groups attached to an aromatic ring is 1. The van der Waals surface area contributed by atoms with Gasteiger partial charge in [-0.3, -0.25) is 4.79 Å². The number of aryl methyl sites for hydroxylation is 1. The Labute approximate surface area is 196 Å². The summed E-state index contributed by atoms with van der Waals surface area (Å²) in [6.45, 7) is 1.66. The number of hydrogen-bond donors (Lipinski definition) is 1. The summed E-state index contributed by atoms with van der Waals surface area (Å²) in [6, 6.07) is 7.44. The first-order chi connectivity index (χ1) is 15.7. The first-order valence-corrected chi connectivity index (χ1v) is 13.7. The van der Waals surface area contributed by atoms with E-state index in [4.69, 9.17) is 5.73 Å². The number of hydrogen-bond acceptors (Lipinski definition) is 6. The van der Waals surface area contributed by atoms with Gasteiger partial charge in [-0.15, -0.1) is 10.2 Å². The van der Waals surface area contributed by atoms with Crippen molar-refractivity contribution in [2.24, 2.45) is 0 Å². The highest BCUT2D eigenvalue weighted by molar-refractivity contribution is 8.01. The largest absolute Gasteiger partial charge is 0.374 e. The Kier molecular flexibility index (Phi) is 5.38. The maximum absolute atomic E-state index is 13.2. The molecule has 1 saturated carbocycles. The quantitative estimate of drug-likeness (QED) is 0.538. The van der Waals surface area contributed by atoms with Crippen LogP contribution in [0, 0.1) is 0 Å². The van der Waals surface area contributed by atoms with E-state index < -0.39 is 0 Å². The van der Waals surface area contributed by atoms with Crippen LogP contribution in [0.15, 0.2) is 22.5 Å². The van der Waals surface area contributed by atoms with E-state index in [0.29, 0.717) is 10.9 Å². The molecule has 0 saturated heterocycles. The van der Waals surface area contributed by atoms with Gasteiger partial charge in [-0.2, -0.15) is 0 Å². The molecule has 3 aromatic rings. The van der Waals surface area contributed by atoms with Gasteiger partial charge in [-0.05, 0) is 61.3 Å². The molecule has 2 aromatic heterocycles. The minimum Gasteiger partial charge on any atom is -0.374 e. The van der Waals surface area contributed by atoms with E-state index in [0.717, 1.165) is 42.6 Å². The number of fused-ring (bicyclic) bond motifs is 3. The number of amides is 1. The van der Waals surface area contributed by atoms with E-state index in [2.05, 4.69) is 37.9 Å². The van der Waals surface area contributed by atoms with Crippen molar-refractivity contribution in [1.29, 1.82) is 0 Å². The zero-order valence-electron chi connectivity index (χ0n) is 18.3. The van der Waals surface area contributed by atoms with Crippen LogP contribution in [-0.2, 0) is 17.8 Å². The molecule has 8 heteroatoms. The molecule has 0 unspecified atom stereocenters. The van der Waals surface area contributed by atoms with Crippen LogP contribution in [0.25, 0.3) is 10.9 Å². The van der Waals surface area contributed by atoms with Crippen LogP contribution in [0.1, 0.15) is 73.7 Å². The maximum atomic E-state index is 13.2. The summed E-state index contributed by atoms with van der Waals surface area (Å²) in [5.41, 5.74) is 11.5. The van der Waals surface area contributed by atoms with E-state index in [1.807, 2.05) is 0 Å². The van der Waals surface area contributed by atoms with Gasteiger partial charge in [0.05, 0.1) is 11.8 Å². The monoisotopic (exact) mass is 467 g/mol. The molecular formula is C24H29N5OS2. The van der Waals surface area contributed by atoms with E-state index in [1.54, 1.807) is 0 Å². The molecule has 2 N–H and O–H groups in total. The predicted molar refractivity (Wildman–Crippen MR) is 130 cm³/mol. The topological polar surface area (TPSA) is 77.0 Å². The second-order valence-electron chi connectivity index (χ2n) is 9.32. The second kappa shape index (κ2) is 8.37. The molecule has 1 atom stereocenters. The van der Waals surface area contributed by atoms with Gasteiger partial charge in [0.1, 0.15) is 0 Å². The van der Waals surface area contributed by atoms with Crippen LogP contribution in [0.3, 0.4) is 0 Å². The highest BCUT2D eigenvalue weighted by atomic mass is 32.2. The van der Waals surface area contributed by atoms with Crippen molar-refractivity contribution in [3.8, 4) is 0 Å². The van der Waals surface area contributed by atoms with Gasteiger partial charge in [-0.1, -0.05) is 48.4 Å². The fourth-order valence-electron chi connectivity index (χ4n) is 6.10. The standard InChI is InChI=1S/C24H29N5OS2/c25-23-26-27-24(32-23)31-14-21(30)28-11-12-29-19-10-9-16(15-5-2-1-3-6-15)13-18(19)17-7-4-8-20(28)22(17)29/h9-10,13,15,20H,1-8,11-12,14H2,(H2,25,26)/t20-/m1/s1. The van der Waals surface area contributed by atoms with Crippen molar-refractivity contribution in [2.45, 2.75) is 74.2 Å². The molecule has 0 spiro atoms. The third-order valence-corrected chi connectivity index (χ3v) is 9.41. The number of carbonyl (C=O) groups is 1. The number of aromatic nitrogens is 3. The Morgan fingerprint density at radius 3 is 2.81 bits per heavy atom. The molecule has 1 aliphatic heterocycles. The molecule has 1 amide bonds. The van der Waals surface area contributed by atoms with Crippen molar-refractivity contribution in [2.75, 3.05) is 18.0 Å². The molecule has 3 aliphatic rings. The average Bonchev–Trinajstić information content (AvgIpc) is 3.40. The number of nitrogens with zero attached hydrogens (tertiary/aromatic N) is 4. The van der Waals surface area contributed by atoms with Gasteiger partial charge < -0.3 is 15.2 Å². The Hall–Kier alpha value is -2.06. The number of anilines is 1. The number of nitrogens with two attached hydrogens (primary N) is 1. The molecule has 3 heterocycles. The van der Waals surface area contributed by atoms with Crippen LogP contribution in [-0.4, -0.2) is 37.9 Å². The van der Waals surface area contributed by atoms with Crippen LogP contribution < -0.4 is 5.73 Å². The molecule has 0 radical (unpaired) electrons. The minimum absolute atomic E-state index is 0.195.